The van der Waals surface area contributed by atoms with Crippen molar-refractivity contribution in [1.82, 2.24) is 15.3 Å². The van der Waals surface area contributed by atoms with Crippen LogP contribution in [0.1, 0.15) is 23.0 Å². The van der Waals surface area contributed by atoms with Crippen molar-refractivity contribution in [3.63, 3.8) is 0 Å². The summed E-state index contributed by atoms with van der Waals surface area (Å²) in [6.45, 7) is 2.28. The minimum absolute atomic E-state index is 0.0778. The van der Waals surface area contributed by atoms with Crippen molar-refractivity contribution >= 4 is 35.4 Å². The molecule has 2 aromatic rings. The fourth-order valence-corrected chi connectivity index (χ4v) is 2.03. The molecule has 0 unspecified atom stereocenters. The standard InChI is InChI=1S/C17H17ClN4O3/c1-11(8-21-17(25)12-2-4-13(18)5-3-12)22-15-10-19-14(9-20-15)6-7-16(23)24/h2-7,9-11H,8H2,1H3,(H,20,22)(H,21,25)(H,23,24)/t11-/m1/s1. The maximum atomic E-state index is 12.0. The zero-order valence-corrected chi connectivity index (χ0v) is 14.2. The Balaban J connectivity index is 1.83. The number of rotatable bonds is 7. The summed E-state index contributed by atoms with van der Waals surface area (Å²) in [6, 6.07) is 6.56. The van der Waals surface area contributed by atoms with Crippen LogP contribution in [-0.4, -0.2) is 39.5 Å². The Hall–Kier alpha value is -2.93. The van der Waals surface area contributed by atoms with Gasteiger partial charge in [-0.25, -0.2) is 9.78 Å². The summed E-state index contributed by atoms with van der Waals surface area (Å²) < 4.78 is 0. The summed E-state index contributed by atoms with van der Waals surface area (Å²) in [5.41, 5.74) is 0.975. The molecule has 0 radical (unpaired) electrons. The Labute approximate surface area is 149 Å². The summed E-state index contributed by atoms with van der Waals surface area (Å²) in [5.74, 6) is -0.708. The molecule has 25 heavy (non-hydrogen) atoms. The van der Waals surface area contributed by atoms with Gasteiger partial charge in [0, 0.05) is 29.2 Å². The molecule has 0 aliphatic heterocycles. The lowest BCUT2D eigenvalue weighted by Gasteiger charge is -2.15. The van der Waals surface area contributed by atoms with Gasteiger partial charge in [-0.05, 0) is 37.3 Å². The van der Waals surface area contributed by atoms with Crippen molar-refractivity contribution < 1.29 is 14.7 Å². The zero-order valence-electron chi connectivity index (χ0n) is 13.4. The molecule has 1 atom stereocenters. The van der Waals surface area contributed by atoms with Gasteiger partial charge in [0.1, 0.15) is 5.82 Å². The van der Waals surface area contributed by atoms with Gasteiger partial charge in [-0.1, -0.05) is 11.6 Å². The first-order valence-corrected chi connectivity index (χ1v) is 7.85. The number of nitrogens with one attached hydrogen (secondary N) is 2. The van der Waals surface area contributed by atoms with Crippen molar-refractivity contribution in [1.29, 1.82) is 0 Å². The molecule has 0 aliphatic rings. The van der Waals surface area contributed by atoms with E-state index in [4.69, 9.17) is 16.7 Å². The fourth-order valence-electron chi connectivity index (χ4n) is 1.91. The van der Waals surface area contributed by atoms with Gasteiger partial charge in [-0.3, -0.25) is 9.78 Å². The highest BCUT2D eigenvalue weighted by Gasteiger charge is 2.08. The second-order valence-corrected chi connectivity index (χ2v) is 5.70. The monoisotopic (exact) mass is 360 g/mol. The molecule has 3 N–H and O–H groups in total. The Kier molecular flexibility index (Phi) is 6.47. The third-order valence-corrected chi connectivity index (χ3v) is 3.39. The van der Waals surface area contributed by atoms with E-state index in [0.29, 0.717) is 28.6 Å². The van der Waals surface area contributed by atoms with Crippen LogP contribution in [0.4, 0.5) is 5.82 Å². The van der Waals surface area contributed by atoms with E-state index >= 15 is 0 Å². The molecule has 0 aliphatic carbocycles. The number of carboxylic acid groups (broad SMARTS) is 1. The van der Waals surface area contributed by atoms with Gasteiger partial charge < -0.3 is 15.7 Å². The number of nitrogens with zero attached hydrogens (tertiary/aromatic N) is 2. The molecule has 1 heterocycles. The number of hydrogen-bond acceptors (Lipinski definition) is 5. The molecule has 0 saturated heterocycles. The third-order valence-electron chi connectivity index (χ3n) is 3.14. The largest absolute Gasteiger partial charge is 0.478 e. The molecule has 130 valence electrons. The van der Waals surface area contributed by atoms with Crippen LogP contribution in [0.25, 0.3) is 6.08 Å². The van der Waals surface area contributed by atoms with E-state index in [0.717, 1.165) is 6.08 Å². The van der Waals surface area contributed by atoms with Crippen LogP contribution in [0.2, 0.25) is 5.02 Å². The molecule has 1 amide bonds. The van der Waals surface area contributed by atoms with Crippen LogP contribution in [0.3, 0.4) is 0 Å². The predicted molar refractivity (Wildman–Crippen MR) is 95.6 cm³/mol. The Morgan fingerprint density at radius 1 is 1.24 bits per heavy atom. The quantitative estimate of drug-likeness (QED) is 0.655. The number of benzene rings is 1. The number of halogens is 1. The number of amides is 1. The van der Waals surface area contributed by atoms with E-state index in [-0.39, 0.29) is 11.9 Å². The molecule has 1 aromatic heterocycles. The number of anilines is 1. The molecule has 1 aromatic carbocycles. The lowest BCUT2D eigenvalue weighted by atomic mass is 10.2. The van der Waals surface area contributed by atoms with E-state index in [1.807, 2.05) is 6.92 Å². The molecular formula is C17H17ClN4O3. The first-order chi connectivity index (χ1) is 11.9. The summed E-state index contributed by atoms with van der Waals surface area (Å²) in [4.78, 5) is 30.7. The van der Waals surface area contributed by atoms with Crippen molar-refractivity contribution in [2.75, 3.05) is 11.9 Å². The first-order valence-electron chi connectivity index (χ1n) is 7.47. The molecule has 8 heteroatoms. The minimum atomic E-state index is -1.05. The van der Waals surface area contributed by atoms with Crippen LogP contribution >= 0.6 is 11.6 Å². The van der Waals surface area contributed by atoms with E-state index in [1.54, 1.807) is 24.3 Å². The number of carbonyl (C=O) groups is 2. The van der Waals surface area contributed by atoms with Gasteiger partial charge >= 0.3 is 5.97 Å². The molecule has 2 rings (SSSR count). The van der Waals surface area contributed by atoms with Gasteiger partial charge in [0.05, 0.1) is 18.1 Å². The zero-order chi connectivity index (χ0) is 18.2. The van der Waals surface area contributed by atoms with Gasteiger partial charge in [-0.2, -0.15) is 0 Å². The predicted octanol–water partition coefficient (Wildman–Crippen LogP) is 2.46. The SMILES string of the molecule is C[C@H](CNC(=O)c1ccc(Cl)cc1)Nc1cnc(C=CC(=O)O)cn1. The van der Waals surface area contributed by atoms with Gasteiger partial charge in [0.15, 0.2) is 0 Å². The number of carbonyl (C=O) groups excluding carboxylic acids is 1. The second kappa shape index (κ2) is 8.79. The van der Waals surface area contributed by atoms with E-state index in [9.17, 15) is 9.59 Å². The lowest BCUT2D eigenvalue weighted by Crippen LogP contribution is -2.34. The Morgan fingerprint density at radius 3 is 2.56 bits per heavy atom. The molecule has 0 bridgehead atoms. The normalized spacial score (nSPS) is 11.9. The summed E-state index contributed by atoms with van der Waals surface area (Å²) in [5, 5.41) is 15.0. The summed E-state index contributed by atoms with van der Waals surface area (Å²) >= 11 is 5.79. The third kappa shape index (κ3) is 6.23. The smallest absolute Gasteiger partial charge is 0.328 e. The first kappa shape index (κ1) is 18.4. The Bertz CT molecular complexity index is 760. The highest BCUT2D eigenvalue weighted by molar-refractivity contribution is 6.30. The van der Waals surface area contributed by atoms with Gasteiger partial charge in [-0.15, -0.1) is 0 Å². The summed E-state index contributed by atoms with van der Waals surface area (Å²) in [6.07, 6.45) is 5.31. The van der Waals surface area contributed by atoms with E-state index < -0.39 is 5.97 Å². The maximum absolute atomic E-state index is 12.0. The average molecular weight is 361 g/mol. The second-order valence-electron chi connectivity index (χ2n) is 5.26. The molecule has 0 saturated carbocycles. The van der Waals surface area contributed by atoms with Crippen molar-refractivity contribution in [2.45, 2.75) is 13.0 Å². The number of aromatic nitrogens is 2. The van der Waals surface area contributed by atoms with Crippen LogP contribution in [0.5, 0.6) is 0 Å². The number of carboxylic acids is 1. The van der Waals surface area contributed by atoms with E-state index in [2.05, 4.69) is 20.6 Å². The minimum Gasteiger partial charge on any atom is -0.478 e. The molecule has 0 spiro atoms. The van der Waals surface area contributed by atoms with Crippen LogP contribution in [0.15, 0.2) is 42.7 Å². The molecule has 0 fully saturated rings. The number of hydrogen-bond donors (Lipinski definition) is 3. The van der Waals surface area contributed by atoms with Crippen molar-refractivity contribution in [2.24, 2.45) is 0 Å². The van der Waals surface area contributed by atoms with Crippen LogP contribution in [0, 0.1) is 0 Å². The highest BCUT2D eigenvalue weighted by atomic mass is 35.5. The van der Waals surface area contributed by atoms with Crippen LogP contribution < -0.4 is 10.6 Å². The molecular weight excluding hydrogens is 344 g/mol. The molecule has 7 nitrogen and oxygen atoms in total. The Morgan fingerprint density at radius 2 is 1.96 bits per heavy atom. The number of aliphatic carboxylic acids is 1. The van der Waals surface area contributed by atoms with Gasteiger partial charge in [0.25, 0.3) is 5.91 Å². The highest BCUT2D eigenvalue weighted by Crippen LogP contribution is 2.09. The average Bonchev–Trinajstić information content (AvgIpc) is 2.59. The topological polar surface area (TPSA) is 104 Å². The van der Waals surface area contributed by atoms with Crippen molar-refractivity contribution in [3.05, 3.63) is 59.0 Å². The van der Waals surface area contributed by atoms with Crippen LogP contribution in [-0.2, 0) is 4.79 Å². The van der Waals surface area contributed by atoms with Crippen molar-refractivity contribution in [3.8, 4) is 0 Å². The van der Waals surface area contributed by atoms with E-state index in [1.165, 1.54) is 18.5 Å². The summed E-state index contributed by atoms with van der Waals surface area (Å²) in [7, 11) is 0. The fraction of sp³-hybridized carbons (Fsp3) is 0.176. The van der Waals surface area contributed by atoms with Gasteiger partial charge in [0.2, 0.25) is 0 Å². The maximum Gasteiger partial charge on any atom is 0.328 e. The lowest BCUT2D eigenvalue weighted by molar-refractivity contribution is -0.131.